The third-order valence-corrected chi connectivity index (χ3v) is 6.03. The van der Waals surface area contributed by atoms with Crippen LogP contribution in [-0.4, -0.2) is 27.2 Å². The van der Waals surface area contributed by atoms with E-state index in [1.807, 2.05) is 48.1 Å². The summed E-state index contributed by atoms with van der Waals surface area (Å²) in [4.78, 5) is 6.62. The number of fused-ring (bicyclic) bond motifs is 1. The highest BCUT2D eigenvalue weighted by molar-refractivity contribution is 5.79. The van der Waals surface area contributed by atoms with Crippen LogP contribution in [-0.2, 0) is 13.0 Å². The van der Waals surface area contributed by atoms with Crippen molar-refractivity contribution in [2.24, 2.45) is 5.73 Å². The predicted molar refractivity (Wildman–Crippen MR) is 143 cm³/mol. The van der Waals surface area contributed by atoms with E-state index in [-0.39, 0.29) is 11.4 Å². The fourth-order valence-corrected chi connectivity index (χ4v) is 4.32. The van der Waals surface area contributed by atoms with E-state index in [1.54, 1.807) is 18.5 Å². The van der Waals surface area contributed by atoms with Gasteiger partial charge in [-0.05, 0) is 86.2 Å². The van der Waals surface area contributed by atoms with Gasteiger partial charge in [-0.3, -0.25) is 0 Å². The van der Waals surface area contributed by atoms with Gasteiger partial charge in [-0.25, -0.2) is 13.9 Å². The molecule has 182 valence electrons. The first-order chi connectivity index (χ1) is 16.7. The largest absolute Gasteiger partial charge is 0.370 e. The fourth-order valence-electron chi connectivity index (χ4n) is 4.32. The molecule has 3 N–H and O–H groups in total. The summed E-state index contributed by atoms with van der Waals surface area (Å²) in [7, 11) is 1.99. The smallest absolute Gasteiger partial charge is 0.158 e. The fraction of sp³-hybridized carbons (Fsp3) is 0.286. The molecule has 7 heteroatoms. The molecule has 2 heterocycles. The van der Waals surface area contributed by atoms with Crippen molar-refractivity contribution in [3.63, 3.8) is 0 Å². The van der Waals surface area contributed by atoms with Crippen molar-refractivity contribution in [3.05, 3.63) is 90.1 Å². The first-order valence-corrected chi connectivity index (χ1v) is 11.8. The van der Waals surface area contributed by atoms with Crippen molar-refractivity contribution in [2.45, 2.75) is 45.2 Å². The molecule has 0 aliphatic carbocycles. The number of aryl methyl sites for hydroxylation is 1. The van der Waals surface area contributed by atoms with Gasteiger partial charge in [-0.2, -0.15) is 5.10 Å². The van der Waals surface area contributed by atoms with Crippen LogP contribution in [0, 0.1) is 5.82 Å². The maximum Gasteiger partial charge on any atom is 0.158 e. The lowest BCUT2D eigenvalue weighted by molar-refractivity contribution is 0.459. The Morgan fingerprint density at radius 2 is 2.03 bits per heavy atom. The Bertz CT molecular complexity index is 1320. The number of nitrogens with zero attached hydrogens (tertiary/aromatic N) is 4. The van der Waals surface area contributed by atoms with E-state index in [0.717, 1.165) is 53.1 Å². The summed E-state index contributed by atoms with van der Waals surface area (Å²) in [5.41, 5.74) is 11.9. The lowest BCUT2D eigenvalue weighted by Gasteiger charge is -2.22. The van der Waals surface area contributed by atoms with Crippen molar-refractivity contribution in [1.82, 2.24) is 14.6 Å². The van der Waals surface area contributed by atoms with Gasteiger partial charge in [0.15, 0.2) is 5.82 Å². The minimum atomic E-state index is -0.230. The molecule has 6 nitrogen and oxygen atoms in total. The summed E-state index contributed by atoms with van der Waals surface area (Å²) >= 11 is 0. The minimum absolute atomic E-state index is 0.183. The van der Waals surface area contributed by atoms with Crippen LogP contribution in [0.4, 0.5) is 21.6 Å². The maximum atomic E-state index is 13.6. The van der Waals surface area contributed by atoms with Crippen molar-refractivity contribution in [1.29, 1.82) is 0 Å². The van der Waals surface area contributed by atoms with Gasteiger partial charge in [0.05, 0.1) is 0 Å². The number of hydrogen-bond donors (Lipinski definition) is 2. The number of aromatic nitrogens is 3. The van der Waals surface area contributed by atoms with Crippen LogP contribution < -0.4 is 16.0 Å². The summed E-state index contributed by atoms with van der Waals surface area (Å²) in [6, 6.07) is 14.9. The molecule has 0 fully saturated rings. The summed E-state index contributed by atoms with van der Waals surface area (Å²) < 4.78 is 15.5. The Morgan fingerprint density at radius 3 is 2.77 bits per heavy atom. The summed E-state index contributed by atoms with van der Waals surface area (Å²) in [6.45, 7) is 8.69. The molecule has 2 aromatic carbocycles. The summed E-state index contributed by atoms with van der Waals surface area (Å²) in [5.74, 6) is 0.523. The maximum absolute atomic E-state index is 13.6. The van der Waals surface area contributed by atoms with Crippen molar-refractivity contribution < 1.29 is 4.39 Å². The topological polar surface area (TPSA) is 71.5 Å². The van der Waals surface area contributed by atoms with E-state index in [0.29, 0.717) is 6.54 Å². The lowest BCUT2D eigenvalue weighted by Crippen LogP contribution is -2.31. The van der Waals surface area contributed by atoms with Crippen molar-refractivity contribution in [2.75, 3.05) is 17.3 Å². The summed E-state index contributed by atoms with van der Waals surface area (Å²) in [5, 5.41) is 7.83. The number of benzene rings is 2. The highest BCUT2D eigenvalue weighted by Crippen LogP contribution is 2.29. The molecule has 0 saturated heterocycles. The Labute approximate surface area is 206 Å². The molecule has 0 atom stereocenters. The van der Waals surface area contributed by atoms with Gasteiger partial charge >= 0.3 is 0 Å². The van der Waals surface area contributed by atoms with Crippen LogP contribution in [0.15, 0.2) is 67.6 Å². The van der Waals surface area contributed by atoms with Gasteiger partial charge in [0.25, 0.3) is 0 Å². The molecule has 0 aliphatic heterocycles. The van der Waals surface area contributed by atoms with Gasteiger partial charge in [0.1, 0.15) is 17.7 Å². The molecule has 2 aromatic heterocycles. The Morgan fingerprint density at radius 1 is 1.20 bits per heavy atom. The van der Waals surface area contributed by atoms with Crippen LogP contribution in [0.25, 0.3) is 11.6 Å². The SMILES string of the molecule is C=Cc1cc(Nc2ncnn3ccc(CCCC(C)(C)N)c23)ccc1N(C)Cc1cccc(F)c1. The second kappa shape index (κ2) is 10.3. The predicted octanol–water partition coefficient (Wildman–Crippen LogP) is 5.95. The van der Waals surface area contributed by atoms with E-state index in [2.05, 4.69) is 46.8 Å². The number of nitrogens with one attached hydrogen (secondary N) is 1. The molecule has 0 spiro atoms. The van der Waals surface area contributed by atoms with E-state index < -0.39 is 0 Å². The molecule has 0 aliphatic rings. The number of nitrogens with two attached hydrogens (primary N) is 1. The Hall–Kier alpha value is -3.71. The van der Waals surface area contributed by atoms with Crippen molar-refractivity contribution in [3.8, 4) is 0 Å². The molecule has 4 rings (SSSR count). The molecule has 35 heavy (non-hydrogen) atoms. The van der Waals surface area contributed by atoms with Gasteiger partial charge in [-0.15, -0.1) is 0 Å². The molecule has 0 unspecified atom stereocenters. The number of anilines is 3. The zero-order valence-corrected chi connectivity index (χ0v) is 20.6. The monoisotopic (exact) mass is 472 g/mol. The van der Waals surface area contributed by atoms with E-state index in [1.165, 1.54) is 11.6 Å². The average molecular weight is 473 g/mol. The Balaban J connectivity index is 1.56. The molecular formula is C28H33FN6. The van der Waals surface area contributed by atoms with Gasteiger partial charge in [0, 0.05) is 36.7 Å². The third kappa shape index (κ3) is 6.05. The molecule has 0 radical (unpaired) electrons. The second-order valence-corrected chi connectivity index (χ2v) is 9.67. The zero-order valence-electron chi connectivity index (χ0n) is 20.6. The third-order valence-electron chi connectivity index (χ3n) is 6.03. The minimum Gasteiger partial charge on any atom is -0.370 e. The first-order valence-electron chi connectivity index (χ1n) is 11.8. The summed E-state index contributed by atoms with van der Waals surface area (Å²) in [6.07, 6.45) is 8.18. The van der Waals surface area contributed by atoms with Crippen LogP contribution in [0.2, 0.25) is 0 Å². The molecule has 0 saturated carbocycles. The lowest BCUT2D eigenvalue weighted by atomic mass is 9.97. The van der Waals surface area contributed by atoms with Crippen molar-refractivity contribution >= 4 is 28.8 Å². The molecule has 0 bridgehead atoms. The van der Waals surface area contributed by atoms with Crippen LogP contribution in [0.1, 0.15) is 43.4 Å². The Kier molecular flexibility index (Phi) is 7.17. The van der Waals surface area contributed by atoms with E-state index >= 15 is 0 Å². The molecule has 0 amide bonds. The number of rotatable bonds is 10. The number of halogens is 1. The first kappa shape index (κ1) is 24.4. The van der Waals surface area contributed by atoms with Gasteiger partial charge in [0.2, 0.25) is 0 Å². The quantitative estimate of drug-likeness (QED) is 0.298. The van der Waals surface area contributed by atoms with Crippen LogP contribution in [0.5, 0.6) is 0 Å². The highest BCUT2D eigenvalue weighted by atomic mass is 19.1. The number of hydrogen-bond acceptors (Lipinski definition) is 5. The van der Waals surface area contributed by atoms with E-state index in [9.17, 15) is 4.39 Å². The van der Waals surface area contributed by atoms with E-state index in [4.69, 9.17) is 5.73 Å². The highest BCUT2D eigenvalue weighted by Gasteiger charge is 2.15. The zero-order chi connectivity index (χ0) is 25.0. The van der Waals surface area contributed by atoms with Crippen LogP contribution in [0.3, 0.4) is 0 Å². The van der Waals surface area contributed by atoms with Crippen LogP contribution >= 0.6 is 0 Å². The van der Waals surface area contributed by atoms with Gasteiger partial charge in [-0.1, -0.05) is 24.8 Å². The normalized spacial score (nSPS) is 11.6. The molecule has 4 aromatic rings. The second-order valence-electron chi connectivity index (χ2n) is 9.67. The average Bonchev–Trinajstić information content (AvgIpc) is 3.22. The van der Waals surface area contributed by atoms with Gasteiger partial charge < -0.3 is 16.0 Å². The standard InChI is InChI=1S/C28H33FN6/c1-5-21-17-24(11-12-25(21)34(4)18-20-8-6-10-23(29)16-20)33-27-26-22(9-7-14-28(2,3)30)13-15-35(26)32-19-31-27/h5-6,8,10-13,15-17,19H,1,7,9,14,18,30H2,2-4H3,(H,31,32,33). The molecular weight excluding hydrogens is 439 g/mol.